The van der Waals surface area contributed by atoms with Crippen LogP contribution in [0, 0.1) is 5.92 Å². The zero-order valence-electron chi connectivity index (χ0n) is 14.9. The number of ether oxygens (including phenoxy) is 1. The summed E-state index contributed by atoms with van der Waals surface area (Å²) in [5, 5.41) is 4.10. The molecule has 140 valence electrons. The van der Waals surface area contributed by atoms with Gasteiger partial charge in [-0.1, -0.05) is 11.3 Å². The molecular formula is C18H25N5O2S. The van der Waals surface area contributed by atoms with Gasteiger partial charge in [0.2, 0.25) is 5.91 Å². The van der Waals surface area contributed by atoms with Crippen LogP contribution in [0.5, 0.6) is 0 Å². The third kappa shape index (κ3) is 4.13. The Hall–Kier alpha value is -1.77. The number of pyridine rings is 1. The van der Waals surface area contributed by atoms with Crippen LogP contribution in [0.25, 0.3) is 10.3 Å². The molecule has 2 aromatic heterocycles. The quantitative estimate of drug-likeness (QED) is 0.851. The number of carbonyl (C=O) groups excluding carboxylic acids is 1. The summed E-state index contributed by atoms with van der Waals surface area (Å²) in [6.45, 7) is 6.80. The van der Waals surface area contributed by atoms with Crippen LogP contribution in [0.2, 0.25) is 0 Å². The largest absolute Gasteiger partial charge is 0.379 e. The summed E-state index contributed by atoms with van der Waals surface area (Å²) in [4.78, 5) is 27.2. The summed E-state index contributed by atoms with van der Waals surface area (Å²) in [6.07, 6.45) is 3.76. The molecule has 1 amide bonds. The van der Waals surface area contributed by atoms with Crippen molar-refractivity contribution in [3.63, 3.8) is 0 Å². The normalized spacial score (nSPS) is 21.8. The number of piperidine rings is 1. The van der Waals surface area contributed by atoms with Crippen molar-refractivity contribution in [1.29, 1.82) is 0 Å². The van der Waals surface area contributed by atoms with Gasteiger partial charge in [-0.05, 0) is 25.0 Å². The predicted molar refractivity (Wildman–Crippen MR) is 103 cm³/mol. The van der Waals surface area contributed by atoms with Gasteiger partial charge >= 0.3 is 0 Å². The topological polar surface area (TPSA) is 70.6 Å². The molecular weight excluding hydrogens is 350 g/mol. The smallest absolute Gasteiger partial charge is 0.224 e. The summed E-state index contributed by atoms with van der Waals surface area (Å²) in [7, 11) is 0. The van der Waals surface area contributed by atoms with Crippen LogP contribution >= 0.6 is 11.3 Å². The number of fused-ring (bicyclic) bond motifs is 1. The van der Waals surface area contributed by atoms with Crippen LogP contribution in [-0.4, -0.2) is 73.3 Å². The first-order valence-corrected chi connectivity index (χ1v) is 10.2. The van der Waals surface area contributed by atoms with Crippen molar-refractivity contribution in [1.82, 2.24) is 20.2 Å². The Labute approximate surface area is 157 Å². The van der Waals surface area contributed by atoms with Gasteiger partial charge in [0, 0.05) is 45.5 Å². The van der Waals surface area contributed by atoms with Crippen molar-refractivity contribution in [2.24, 2.45) is 5.92 Å². The molecule has 2 aliphatic heterocycles. The van der Waals surface area contributed by atoms with Gasteiger partial charge in [-0.2, -0.15) is 0 Å². The van der Waals surface area contributed by atoms with Gasteiger partial charge in [0.1, 0.15) is 10.3 Å². The van der Waals surface area contributed by atoms with Gasteiger partial charge in [0.05, 0.1) is 19.1 Å². The molecule has 0 unspecified atom stereocenters. The maximum absolute atomic E-state index is 12.6. The molecule has 0 bridgehead atoms. The first-order valence-electron chi connectivity index (χ1n) is 9.34. The highest BCUT2D eigenvalue weighted by molar-refractivity contribution is 7.21. The van der Waals surface area contributed by atoms with Crippen molar-refractivity contribution < 1.29 is 9.53 Å². The number of nitrogens with zero attached hydrogens (tertiary/aromatic N) is 4. The molecule has 4 heterocycles. The maximum Gasteiger partial charge on any atom is 0.224 e. The molecule has 8 heteroatoms. The molecule has 0 aromatic carbocycles. The highest BCUT2D eigenvalue weighted by atomic mass is 32.1. The lowest BCUT2D eigenvalue weighted by atomic mass is 9.97. The predicted octanol–water partition coefficient (Wildman–Crippen LogP) is 1.36. The maximum atomic E-state index is 12.6. The van der Waals surface area contributed by atoms with Gasteiger partial charge in [-0.3, -0.25) is 9.69 Å². The van der Waals surface area contributed by atoms with Crippen molar-refractivity contribution in [2.45, 2.75) is 12.8 Å². The lowest BCUT2D eigenvalue weighted by molar-refractivity contribution is -0.125. The van der Waals surface area contributed by atoms with E-state index in [2.05, 4.69) is 25.1 Å². The Morgan fingerprint density at radius 2 is 2.23 bits per heavy atom. The summed E-state index contributed by atoms with van der Waals surface area (Å²) >= 11 is 1.61. The Balaban J connectivity index is 1.30. The van der Waals surface area contributed by atoms with Crippen molar-refractivity contribution in [3.8, 4) is 0 Å². The molecule has 0 spiro atoms. The van der Waals surface area contributed by atoms with Crippen LogP contribution in [0.1, 0.15) is 12.8 Å². The number of morpholine rings is 1. The van der Waals surface area contributed by atoms with E-state index < -0.39 is 0 Å². The van der Waals surface area contributed by atoms with E-state index >= 15 is 0 Å². The molecule has 2 fully saturated rings. The molecule has 2 saturated heterocycles. The van der Waals surface area contributed by atoms with E-state index in [1.165, 1.54) is 0 Å². The number of anilines is 1. The first kappa shape index (κ1) is 17.6. The molecule has 0 saturated carbocycles. The van der Waals surface area contributed by atoms with Crippen LogP contribution in [-0.2, 0) is 9.53 Å². The number of hydrogen-bond donors (Lipinski definition) is 1. The van der Waals surface area contributed by atoms with Crippen LogP contribution in [0.4, 0.5) is 5.13 Å². The fourth-order valence-corrected chi connectivity index (χ4v) is 4.51. The zero-order chi connectivity index (χ0) is 17.8. The average molecular weight is 375 g/mol. The van der Waals surface area contributed by atoms with E-state index in [4.69, 9.17) is 4.74 Å². The Bertz CT molecular complexity index is 713. The second-order valence-electron chi connectivity index (χ2n) is 6.85. The van der Waals surface area contributed by atoms with E-state index in [0.717, 1.165) is 74.3 Å². The van der Waals surface area contributed by atoms with Gasteiger partial charge in [0.25, 0.3) is 0 Å². The molecule has 7 nitrogen and oxygen atoms in total. The van der Waals surface area contributed by atoms with Crippen molar-refractivity contribution >= 4 is 32.7 Å². The number of aromatic nitrogens is 2. The average Bonchev–Trinajstić information content (AvgIpc) is 3.13. The molecule has 1 N–H and O–H groups in total. The lowest BCUT2D eigenvalue weighted by Gasteiger charge is -2.32. The molecule has 26 heavy (non-hydrogen) atoms. The second kappa shape index (κ2) is 8.28. The molecule has 2 aromatic rings. The summed E-state index contributed by atoms with van der Waals surface area (Å²) in [5.74, 6) is 0.204. The highest BCUT2D eigenvalue weighted by Gasteiger charge is 2.27. The molecule has 2 aliphatic rings. The molecule has 1 atom stereocenters. The second-order valence-corrected chi connectivity index (χ2v) is 7.81. The van der Waals surface area contributed by atoms with E-state index in [0.29, 0.717) is 6.54 Å². The number of rotatable bonds is 5. The number of thiazole rings is 1. The van der Waals surface area contributed by atoms with E-state index in [1.54, 1.807) is 17.5 Å². The summed E-state index contributed by atoms with van der Waals surface area (Å²) in [5.41, 5.74) is 0.935. The minimum atomic E-state index is 0.0356. The summed E-state index contributed by atoms with van der Waals surface area (Å²) < 4.78 is 5.35. The number of hydrogen-bond acceptors (Lipinski definition) is 7. The van der Waals surface area contributed by atoms with Gasteiger partial charge < -0.3 is 15.0 Å². The van der Waals surface area contributed by atoms with Gasteiger partial charge in [-0.15, -0.1) is 0 Å². The van der Waals surface area contributed by atoms with Gasteiger partial charge in [-0.25, -0.2) is 9.97 Å². The minimum absolute atomic E-state index is 0.0356. The first-order chi connectivity index (χ1) is 12.8. The monoisotopic (exact) mass is 375 g/mol. The van der Waals surface area contributed by atoms with Crippen molar-refractivity contribution in [3.05, 3.63) is 18.3 Å². The van der Waals surface area contributed by atoms with E-state index in [9.17, 15) is 4.79 Å². The van der Waals surface area contributed by atoms with E-state index in [-0.39, 0.29) is 11.8 Å². The van der Waals surface area contributed by atoms with Crippen LogP contribution in [0.3, 0.4) is 0 Å². The van der Waals surface area contributed by atoms with Crippen LogP contribution < -0.4 is 10.2 Å². The fourth-order valence-electron chi connectivity index (χ4n) is 3.56. The third-order valence-corrected chi connectivity index (χ3v) is 6.09. The zero-order valence-corrected chi connectivity index (χ0v) is 15.7. The van der Waals surface area contributed by atoms with Crippen molar-refractivity contribution in [2.75, 3.05) is 57.4 Å². The third-order valence-electron chi connectivity index (χ3n) is 5.05. The lowest BCUT2D eigenvalue weighted by Crippen LogP contribution is -2.46. The standard InChI is InChI=1S/C18H25N5O2S/c24-16(19-6-8-22-9-11-25-12-10-22)14-3-2-7-23(13-14)18-21-15-4-1-5-20-17(15)26-18/h1,4-5,14H,2-3,6-13H2,(H,19,24)/t14-/m1/s1. The Morgan fingerprint density at radius 3 is 3.08 bits per heavy atom. The fraction of sp³-hybridized carbons (Fsp3) is 0.611. The number of amides is 1. The van der Waals surface area contributed by atoms with E-state index in [1.807, 2.05) is 12.1 Å². The van der Waals surface area contributed by atoms with Crippen LogP contribution in [0.15, 0.2) is 18.3 Å². The minimum Gasteiger partial charge on any atom is -0.379 e. The Morgan fingerprint density at radius 1 is 1.35 bits per heavy atom. The highest BCUT2D eigenvalue weighted by Crippen LogP contribution is 2.30. The molecule has 0 aliphatic carbocycles. The molecule has 4 rings (SSSR count). The number of nitrogens with one attached hydrogen (secondary N) is 1. The van der Waals surface area contributed by atoms with Gasteiger partial charge in [0.15, 0.2) is 5.13 Å². The Kier molecular flexibility index (Phi) is 5.62. The molecule has 0 radical (unpaired) electrons. The summed E-state index contributed by atoms with van der Waals surface area (Å²) in [6, 6.07) is 3.90. The number of carbonyl (C=O) groups is 1. The SMILES string of the molecule is O=C(NCCN1CCOCC1)[C@@H]1CCCN(c2nc3cccnc3s2)C1.